The number of furan rings is 1. The number of fused-ring (bicyclic) bond motifs is 3. The van der Waals surface area contributed by atoms with Gasteiger partial charge < -0.3 is 14.3 Å². The molecule has 2 saturated heterocycles. The number of aliphatic hydroxyl groups excluding tert-OH is 1. The van der Waals surface area contributed by atoms with Crippen molar-refractivity contribution < 1.29 is 23.8 Å². The Kier molecular flexibility index (Phi) is 5.98. The summed E-state index contributed by atoms with van der Waals surface area (Å²) in [4.78, 5) is 26.7. The minimum Gasteiger partial charge on any atom is -0.459 e. The van der Waals surface area contributed by atoms with Crippen molar-refractivity contribution in [3.63, 3.8) is 0 Å². The molecule has 1 aromatic heterocycles. The lowest BCUT2D eigenvalue weighted by Crippen LogP contribution is -2.34. The zero-order valence-electron chi connectivity index (χ0n) is 18.0. The lowest BCUT2D eigenvalue weighted by molar-refractivity contribution is -0.138. The predicted octanol–water partition coefficient (Wildman–Crippen LogP) is 3.70. The summed E-state index contributed by atoms with van der Waals surface area (Å²) in [5, 5.41) is 9.14. The minimum absolute atomic E-state index is 0.0132. The molecule has 3 aliphatic rings. The van der Waals surface area contributed by atoms with Crippen LogP contribution in [0, 0.1) is 17.8 Å². The second-order valence-corrected chi connectivity index (χ2v) is 8.80. The lowest BCUT2D eigenvalue weighted by Gasteiger charge is -2.32. The molecule has 0 bridgehead atoms. The van der Waals surface area contributed by atoms with Crippen molar-refractivity contribution in [2.75, 3.05) is 13.7 Å². The van der Waals surface area contributed by atoms with Gasteiger partial charge in [0.2, 0.25) is 11.8 Å². The Morgan fingerprint density at radius 3 is 2.77 bits per heavy atom. The van der Waals surface area contributed by atoms with E-state index in [1.54, 1.807) is 13.1 Å². The molecule has 0 aromatic carbocycles. The van der Waals surface area contributed by atoms with Crippen LogP contribution in [0.2, 0.25) is 0 Å². The van der Waals surface area contributed by atoms with E-state index in [1.165, 1.54) is 21.6 Å². The molecule has 3 heterocycles. The average Bonchev–Trinajstić information content (AvgIpc) is 3.41. The molecule has 0 saturated carbocycles. The maximum absolute atomic E-state index is 12.7. The van der Waals surface area contributed by atoms with Crippen LogP contribution in [0.25, 0.3) is 6.08 Å². The number of amides is 2. The number of hydrogen-bond acceptors (Lipinski definition) is 5. The van der Waals surface area contributed by atoms with E-state index in [4.69, 9.17) is 14.3 Å². The third-order valence-electron chi connectivity index (χ3n) is 6.81. The zero-order valence-corrected chi connectivity index (χ0v) is 18.0. The molecule has 4 atom stereocenters. The number of aliphatic hydroxyl groups is 1. The van der Waals surface area contributed by atoms with Gasteiger partial charge in [-0.15, -0.1) is 0 Å². The van der Waals surface area contributed by atoms with Gasteiger partial charge in [0.15, 0.2) is 0 Å². The van der Waals surface area contributed by atoms with Crippen molar-refractivity contribution in [2.24, 2.45) is 17.8 Å². The van der Waals surface area contributed by atoms with Crippen LogP contribution in [-0.4, -0.2) is 41.6 Å². The van der Waals surface area contributed by atoms with Gasteiger partial charge in [0.05, 0.1) is 24.5 Å². The largest absolute Gasteiger partial charge is 0.459 e. The number of likely N-dealkylation sites (tertiary alicyclic amines) is 1. The Morgan fingerprint density at radius 2 is 2.07 bits per heavy atom. The van der Waals surface area contributed by atoms with Gasteiger partial charge in [-0.3, -0.25) is 14.5 Å². The number of ether oxygens (including phenoxy) is 1. The first-order valence-corrected chi connectivity index (χ1v) is 11.0. The summed E-state index contributed by atoms with van der Waals surface area (Å²) in [6.45, 7) is 4.66. The van der Waals surface area contributed by atoms with Crippen molar-refractivity contribution in [3.8, 4) is 0 Å². The Labute approximate surface area is 177 Å². The highest BCUT2D eigenvalue weighted by molar-refractivity contribution is 6.05. The molecule has 2 amide bonds. The number of carbonyl (C=O) groups is 2. The van der Waals surface area contributed by atoms with E-state index in [0.29, 0.717) is 18.8 Å². The fourth-order valence-electron chi connectivity index (χ4n) is 5.40. The maximum atomic E-state index is 12.7. The third-order valence-corrected chi connectivity index (χ3v) is 6.81. The number of carbonyl (C=O) groups excluding carboxylic acids is 2. The van der Waals surface area contributed by atoms with E-state index in [0.717, 1.165) is 31.4 Å². The predicted molar refractivity (Wildman–Crippen MR) is 112 cm³/mol. The first-order valence-electron chi connectivity index (χ1n) is 11.0. The van der Waals surface area contributed by atoms with E-state index >= 15 is 0 Å². The van der Waals surface area contributed by atoms with Crippen LogP contribution in [-0.2, 0) is 20.9 Å². The highest BCUT2D eigenvalue weighted by Gasteiger charge is 2.55. The highest BCUT2D eigenvalue weighted by Crippen LogP contribution is 2.50. The summed E-state index contributed by atoms with van der Waals surface area (Å²) in [7, 11) is 1.61. The van der Waals surface area contributed by atoms with E-state index < -0.39 is 0 Å². The van der Waals surface area contributed by atoms with Crippen LogP contribution in [0.1, 0.15) is 57.5 Å². The number of rotatable bonds is 7. The molecule has 2 fully saturated rings. The fraction of sp³-hybridized carbons (Fsp3) is 0.583. The Balaban J connectivity index is 1.51. The van der Waals surface area contributed by atoms with Gasteiger partial charge in [-0.25, -0.2) is 0 Å². The molecule has 0 radical (unpaired) electrons. The summed E-state index contributed by atoms with van der Waals surface area (Å²) in [5.41, 5.74) is 3.81. The first kappa shape index (κ1) is 21.1. The summed E-state index contributed by atoms with van der Waals surface area (Å²) in [6, 6.07) is 3.64. The van der Waals surface area contributed by atoms with E-state index in [1.807, 2.05) is 12.1 Å². The Morgan fingerprint density at radius 1 is 1.27 bits per heavy atom. The van der Waals surface area contributed by atoms with Crippen molar-refractivity contribution in [1.29, 1.82) is 0 Å². The standard InChI is InChI=1S/C24H31NO5/c1-4-5-15-11-18-22(24(28)25(3)23(18)27)19-13-29-20(21(15)19)9-6-14(2)10-16-7-8-17(12-26)30-16/h7-8,10,18-20,22,26H,4-6,9,11-13H2,1-3H3/b14-10+/t18-,19+,20-,22-/m1/s1. The number of imide groups is 1. The fourth-order valence-corrected chi connectivity index (χ4v) is 5.40. The molecule has 2 aliphatic heterocycles. The second-order valence-electron chi connectivity index (χ2n) is 8.80. The van der Waals surface area contributed by atoms with E-state index in [9.17, 15) is 9.59 Å². The van der Waals surface area contributed by atoms with Gasteiger partial charge in [-0.05, 0) is 56.4 Å². The van der Waals surface area contributed by atoms with Crippen LogP contribution in [0.5, 0.6) is 0 Å². The molecular weight excluding hydrogens is 382 g/mol. The summed E-state index contributed by atoms with van der Waals surface area (Å²) in [6.07, 6.45) is 6.41. The van der Waals surface area contributed by atoms with Crippen molar-refractivity contribution >= 4 is 17.9 Å². The molecule has 1 N–H and O–H groups in total. The first-order chi connectivity index (χ1) is 14.4. The molecule has 6 heteroatoms. The molecule has 1 aliphatic carbocycles. The highest BCUT2D eigenvalue weighted by atomic mass is 16.5. The summed E-state index contributed by atoms with van der Waals surface area (Å²) in [5.74, 6) is 0.815. The quantitative estimate of drug-likeness (QED) is 0.545. The monoisotopic (exact) mass is 413 g/mol. The molecule has 4 rings (SSSR count). The lowest BCUT2D eigenvalue weighted by atomic mass is 9.68. The van der Waals surface area contributed by atoms with Crippen LogP contribution in [0.15, 0.2) is 33.3 Å². The van der Waals surface area contributed by atoms with Gasteiger partial charge in [0, 0.05) is 13.0 Å². The number of nitrogens with zero attached hydrogens (tertiary/aromatic N) is 1. The summed E-state index contributed by atoms with van der Waals surface area (Å²) >= 11 is 0. The van der Waals surface area contributed by atoms with Crippen LogP contribution in [0.3, 0.4) is 0 Å². The molecule has 6 nitrogen and oxygen atoms in total. The van der Waals surface area contributed by atoms with E-state index in [-0.39, 0.29) is 42.3 Å². The normalized spacial score (nSPS) is 29.1. The molecule has 0 spiro atoms. The van der Waals surface area contributed by atoms with Crippen LogP contribution >= 0.6 is 0 Å². The van der Waals surface area contributed by atoms with Gasteiger partial charge in [-0.1, -0.05) is 24.5 Å². The molecule has 1 aromatic rings. The topological polar surface area (TPSA) is 80.0 Å². The maximum Gasteiger partial charge on any atom is 0.233 e. The van der Waals surface area contributed by atoms with Gasteiger partial charge >= 0.3 is 0 Å². The van der Waals surface area contributed by atoms with Crippen LogP contribution in [0.4, 0.5) is 0 Å². The smallest absolute Gasteiger partial charge is 0.233 e. The minimum atomic E-state index is -0.250. The van der Waals surface area contributed by atoms with Gasteiger partial charge in [-0.2, -0.15) is 0 Å². The van der Waals surface area contributed by atoms with Gasteiger partial charge in [0.1, 0.15) is 18.1 Å². The number of hydrogen-bond donors (Lipinski definition) is 1. The van der Waals surface area contributed by atoms with Crippen LogP contribution < -0.4 is 0 Å². The molecular formula is C24H31NO5. The SMILES string of the molecule is CCCC1=C2[C@@H](CC/C(C)=C/c3ccc(CO)o3)OC[C@@H]2[C@@H]2C(=O)N(C)C(=O)[C@@H]2C1. The van der Waals surface area contributed by atoms with Crippen molar-refractivity contribution in [3.05, 3.63) is 40.4 Å². The molecule has 30 heavy (non-hydrogen) atoms. The summed E-state index contributed by atoms with van der Waals surface area (Å²) < 4.78 is 11.8. The number of allylic oxidation sites excluding steroid dienone is 2. The third kappa shape index (κ3) is 3.67. The molecule has 162 valence electrons. The van der Waals surface area contributed by atoms with Gasteiger partial charge in [0.25, 0.3) is 0 Å². The Hall–Kier alpha value is -2.18. The second kappa shape index (κ2) is 8.52. The van der Waals surface area contributed by atoms with E-state index in [2.05, 4.69) is 13.8 Å². The van der Waals surface area contributed by atoms with Crippen molar-refractivity contribution in [2.45, 2.75) is 58.7 Å². The Bertz CT molecular complexity index is 895. The average molecular weight is 414 g/mol. The zero-order chi connectivity index (χ0) is 21.4. The molecule has 0 unspecified atom stereocenters. The van der Waals surface area contributed by atoms with Crippen molar-refractivity contribution in [1.82, 2.24) is 4.90 Å².